The minimum absolute atomic E-state index is 0.387. The number of likely N-dealkylation sites (N-methyl/N-ethyl adjacent to an activating group) is 1. The van der Waals surface area contributed by atoms with Crippen LogP contribution in [0.3, 0.4) is 0 Å². The standard InChI is InChI=1S/C15H15F5N4O2/c1-7(6-24(2)3)21-13(25)11-9(16)4-8(5-10(11)17)12-22-14(26-23-12)15(18,19)20/h4-5,7H,6H2,1-3H3,(H,21,25). The molecule has 2 aromatic rings. The monoisotopic (exact) mass is 378 g/mol. The van der Waals surface area contributed by atoms with Crippen LogP contribution < -0.4 is 5.32 Å². The van der Waals surface area contributed by atoms with Gasteiger partial charge in [0.25, 0.3) is 5.91 Å². The quantitative estimate of drug-likeness (QED) is 0.811. The maximum absolute atomic E-state index is 14.2. The second-order valence-electron chi connectivity index (χ2n) is 5.87. The van der Waals surface area contributed by atoms with Gasteiger partial charge in [-0.15, -0.1) is 0 Å². The van der Waals surface area contributed by atoms with Crippen molar-refractivity contribution in [3.8, 4) is 11.4 Å². The molecule has 1 atom stereocenters. The molecule has 0 saturated heterocycles. The van der Waals surface area contributed by atoms with Crippen LogP contribution in [0.15, 0.2) is 16.7 Å². The van der Waals surface area contributed by atoms with E-state index >= 15 is 0 Å². The number of carbonyl (C=O) groups excluding carboxylic acids is 1. The molecular weight excluding hydrogens is 363 g/mol. The molecule has 0 aliphatic heterocycles. The van der Waals surface area contributed by atoms with Crippen molar-refractivity contribution in [3.63, 3.8) is 0 Å². The summed E-state index contributed by atoms with van der Waals surface area (Å²) in [7, 11) is 3.53. The van der Waals surface area contributed by atoms with Crippen molar-refractivity contribution in [1.29, 1.82) is 0 Å². The van der Waals surface area contributed by atoms with Crippen LogP contribution >= 0.6 is 0 Å². The van der Waals surface area contributed by atoms with Gasteiger partial charge in [-0.2, -0.15) is 18.2 Å². The normalized spacial score (nSPS) is 13.1. The van der Waals surface area contributed by atoms with E-state index in [2.05, 4.69) is 20.0 Å². The van der Waals surface area contributed by atoms with Crippen molar-refractivity contribution in [2.75, 3.05) is 20.6 Å². The minimum Gasteiger partial charge on any atom is -0.348 e. The SMILES string of the molecule is CC(CN(C)C)NC(=O)c1c(F)cc(-c2noc(C(F)(F)F)n2)cc1F. The lowest BCUT2D eigenvalue weighted by atomic mass is 10.1. The molecule has 1 unspecified atom stereocenters. The summed E-state index contributed by atoms with van der Waals surface area (Å²) in [4.78, 5) is 16.9. The van der Waals surface area contributed by atoms with Crippen molar-refractivity contribution in [2.45, 2.75) is 19.1 Å². The van der Waals surface area contributed by atoms with E-state index in [-0.39, 0.29) is 6.04 Å². The molecule has 0 aliphatic carbocycles. The largest absolute Gasteiger partial charge is 0.471 e. The number of hydrogen-bond donors (Lipinski definition) is 1. The van der Waals surface area contributed by atoms with Gasteiger partial charge in [-0.05, 0) is 33.2 Å². The highest BCUT2D eigenvalue weighted by molar-refractivity contribution is 5.95. The van der Waals surface area contributed by atoms with Crippen molar-refractivity contribution in [2.24, 2.45) is 0 Å². The molecule has 2 rings (SSSR count). The highest BCUT2D eigenvalue weighted by Crippen LogP contribution is 2.30. The molecule has 11 heteroatoms. The van der Waals surface area contributed by atoms with E-state index in [1.165, 1.54) is 0 Å². The molecule has 1 N–H and O–H groups in total. The second-order valence-corrected chi connectivity index (χ2v) is 5.87. The van der Waals surface area contributed by atoms with Crippen LogP contribution in [0.1, 0.15) is 23.2 Å². The van der Waals surface area contributed by atoms with Gasteiger partial charge in [-0.25, -0.2) is 8.78 Å². The molecule has 6 nitrogen and oxygen atoms in total. The lowest BCUT2D eigenvalue weighted by Crippen LogP contribution is -2.40. The van der Waals surface area contributed by atoms with E-state index in [1.807, 2.05) is 0 Å². The summed E-state index contributed by atoms with van der Waals surface area (Å²) in [6, 6.07) is 0.946. The molecule has 1 heterocycles. The lowest BCUT2D eigenvalue weighted by molar-refractivity contribution is -0.159. The van der Waals surface area contributed by atoms with Gasteiger partial charge in [0, 0.05) is 18.2 Å². The molecule has 142 valence electrons. The minimum atomic E-state index is -4.88. The fourth-order valence-electron chi connectivity index (χ4n) is 2.26. The molecule has 1 aromatic heterocycles. The molecule has 1 aromatic carbocycles. The molecule has 0 fully saturated rings. The first kappa shape index (κ1) is 19.8. The fraction of sp³-hybridized carbons (Fsp3) is 0.400. The maximum Gasteiger partial charge on any atom is 0.471 e. The number of amides is 1. The first-order valence-electron chi connectivity index (χ1n) is 7.35. The van der Waals surface area contributed by atoms with Gasteiger partial charge in [0.2, 0.25) is 5.82 Å². The molecule has 0 radical (unpaired) electrons. The summed E-state index contributed by atoms with van der Waals surface area (Å²) in [5, 5.41) is 5.48. The van der Waals surface area contributed by atoms with E-state index in [4.69, 9.17) is 0 Å². The van der Waals surface area contributed by atoms with E-state index < -0.39 is 46.6 Å². The molecule has 0 bridgehead atoms. The average molecular weight is 378 g/mol. The predicted octanol–water partition coefficient (Wildman–Crippen LogP) is 2.71. The first-order chi connectivity index (χ1) is 12.0. The summed E-state index contributed by atoms with van der Waals surface area (Å²) in [6.45, 7) is 2.09. The van der Waals surface area contributed by atoms with E-state index in [0.717, 1.165) is 0 Å². The third-order valence-electron chi connectivity index (χ3n) is 3.21. The number of benzene rings is 1. The van der Waals surface area contributed by atoms with Gasteiger partial charge in [0.05, 0.1) is 0 Å². The topological polar surface area (TPSA) is 71.3 Å². The van der Waals surface area contributed by atoms with Crippen molar-refractivity contribution in [1.82, 2.24) is 20.4 Å². The Hall–Kier alpha value is -2.56. The van der Waals surface area contributed by atoms with Crippen molar-refractivity contribution < 1.29 is 31.3 Å². The molecule has 1 amide bonds. The van der Waals surface area contributed by atoms with Gasteiger partial charge in [-0.3, -0.25) is 4.79 Å². The zero-order chi connectivity index (χ0) is 19.6. The van der Waals surface area contributed by atoms with Crippen LogP contribution in [-0.2, 0) is 6.18 Å². The first-order valence-corrected chi connectivity index (χ1v) is 7.35. The number of halogens is 5. The van der Waals surface area contributed by atoms with Crippen LogP contribution in [0, 0.1) is 11.6 Å². The smallest absolute Gasteiger partial charge is 0.348 e. The lowest BCUT2D eigenvalue weighted by Gasteiger charge is -2.18. The van der Waals surface area contributed by atoms with Crippen LogP contribution in [0.25, 0.3) is 11.4 Å². The van der Waals surface area contributed by atoms with Crippen molar-refractivity contribution >= 4 is 5.91 Å². The number of nitrogens with zero attached hydrogens (tertiary/aromatic N) is 3. The van der Waals surface area contributed by atoms with Gasteiger partial charge in [0.15, 0.2) is 0 Å². The Morgan fingerprint density at radius 1 is 1.27 bits per heavy atom. The number of nitrogens with one attached hydrogen (secondary N) is 1. The molecule has 0 spiro atoms. The fourth-order valence-corrected chi connectivity index (χ4v) is 2.26. The molecule has 26 heavy (non-hydrogen) atoms. The number of hydrogen-bond acceptors (Lipinski definition) is 5. The Morgan fingerprint density at radius 2 is 1.85 bits per heavy atom. The Kier molecular flexibility index (Phi) is 5.59. The number of rotatable bonds is 5. The third kappa shape index (κ3) is 4.54. The molecular formula is C15H15F5N4O2. The van der Waals surface area contributed by atoms with Crippen LogP contribution in [0.2, 0.25) is 0 Å². The molecule has 0 saturated carbocycles. The van der Waals surface area contributed by atoms with Gasteiger partial charge in [-0.1, -0.05) is 5.16 Å². The number of carbonyl (C=O) groups is 1. The maximum atomic E-state index is 14.2. The summed E-state index contributed by atoms with van der Waals surface area (Å²) in [5.41, 5.74) is -1.24. The van der Waals surface area contributed by atoms with Gasteiger partial charge >= 0.3 is 12.1 Å². The Bertz CT molecular complexity index is 781. The zero-order valence-electron chi connectivity index (χ0n) is 14.0. The number of aromatic nitrogens is 2. The van der Waals surface area contributed by atoms with Crippen LogP contribution in [0.4, 0.5) is 22.0 Å². The highest BCUT2D eigenvalue weighted by atomic mass is 19.4. The van der Waals surface area contributed by atoms with E-state index in [0.29, 0.717) is 18.7 Å². The Morgan fingerprint density at radius 3 is 2.31 bits per heavy atom. The predicted molar refractivity (Wildman–Crippen MR) is 80.1 cm³/mol. The Balaban J connectivity index is 2.28. The third-order valence-corrected chi connectivity index (χ3v) is 3.21. The second kappa shape index (κ2) is 7.36. The summed E-state index contributed by atoms with van der Waals surface area (Å²) >= 11 is 0. The Labute approximate surface area is 145 Å². The van der Waals surface area contributed by atoms with Gasteiger partial charge < -0.3 is 14.7 Å². The van der Waals surface area contributed by atoms with E-state index in [9.17, 15) is 26.7 Å². The highest BCUT2D eigenvalue weighted by Gasteiger charge is 2.38. The van der Waals surface area contributed by atoms with Crippen molar-refractivity contribution in [3.05, 3.63) is 35.2 Å². The van der Waals surface area contributed by atoms with E-state index in [1.54, 1.807) is 25.9 Å². The van der Waals surface area contributed by atoms with Gasteiger partial charge in [0.1, 0.15) is 17.2 Å². The number of alkyl halides is 3. The van der Waals surface area contributed by atoms with Crippen LogP contribution in [0.5, 0.6) is 0 Å². The molecule has 0 aliphatic rings. The summed E-state index contributed by atoms with van der Waals surface area (Å²) in [5.74, 6) is -5.79. The average Bonchev–Trinajstić information content (AvgIpc) is 2.94. The summed E-state index contributed by atoms with van der Waals surface area (Å²) in [6.07, 6.45) is -4.88. The van der Waals surface area contributed by atoms with Crippen LogP contribution in [-0.4, -0.2) is 47.6 Å². The summed E-state index contributed by atoms with van der Waals surface area (Å²) < 4.78 is 69.7. The zero-order valence-corrected chi connectivity index (χ0v) is 14.0.